The van der Waals surface area contributed by atoms with Gasteiger partial charge in [-0.1, -0.05) is 12.1 Å². The number of nitrogens with zero attached hydrogens (tertiary/aromatic N) is 2. The Morgan fingerprint density at radius 2 is 2.00 bits per heavy atom. The van der Waals surface area contributed by atoms with E-state index in [2.05, 4.69) is 4.98 Å². The van der Waals surface area contributed by atoms with E-state index in [0.717, 1.165) is 17.8 Å². The topological polar surface area (TPSA) is 59.5 Å². The lowest BCUT2D eigenvalue weighted by Crippen LogP contribution is -2.28. The third-order valence-electron chi connectivity index (χ3n) is 3.37. The van der Waals surface area contributed by atoms with Crippen LogP contribution in [0.3, 0.4) is 0 Å². The van der Waals surface area contributed by atoms with Crippen LogP contribution in [-0.4, -0.2) is 30.8 Å². The first kappa shape index (κ1) is 14.5. The molecule has 0 aliphatic carbocycles. The van der Waals surface area contributed by atoms with Crippen molar-refractivity contribution in [2.24, 2.45) is 0 Å². The number of rotatable bonds is 5. The lowest BCUT2D eigenvalue weighted by Gasteiger charge is -2.18. The van der Waals surface area contributed by atoms with Gasteiger partial charge in [-0.05, 0) is 25.0 Å². The predicted molar refractivity (Wildman–Crippen MR) is 80.9 cm³/mol. The van der Waals surface area contributed by atoms with Gasteiger partial charge in [0.2, 0.25) is 10.0 Å². The largest absolute Gasteiger partial charge is 0.485 e. The monoisotopic (exact) mass is 324 g/mol. The molecule has 21 heavy (non-hydrogen) atoms. The van der Waals surface area contributed by atoms with Crippen LogP contribution >= 0.6 is 11.3 Å². The van der Waals surface area contributed by atoms with Crippen LogP contribution in [0.1, 0.15) is 17.8 Å². The van der Waals surface area contributed by atoms with Crippen molar-refractivity contribution in [3.05, 3.63) is 40.8 Å². The van der Waals surface area contributed by atoms with Crippen LogP contribution in [0.4, 0.5) is 0 Å². The summed E-state index contributed by atoms with van der Waals surface area (Å²) in [4.78, 5) is 4.37. The molecule has 1 aromatic carbocycles. The van der Waals surface area contributed by atoms with E-state index in [1.807, 2.05) is 5.38 Å². The molecule has 1 fully saturated rings. The van der Waals surface area contributed by atoms with E-state index in [-0.39, 0.29) is 11.5 Å². The smallest absolute Gasteiger partial charge is 0.246 e. The fraction of sp³-hybridized carbons (Fsp3) is 0.357. The van der Waals surface area contributed by atoms with Crippen LogP contribution in [0.5, 0.6) is 5.75 Å². The van der Waals surface area contributed by atoms with Crippen LogP contribution in [0, 0.1) is 0 Å². The number of hydrogen-bond acceptors (Lipinski definition) is 5. The van der Waals surface area contributed by atoms with E-state index in [9.17, 15) is 8.42 Å². The van der Waals surface area contributed by atoms with Gasteiger partial charge in [-0.25, -0.2) is 13.4 Å². The number of ether oxygens (including phenoxy) is 1. The van der Waals surface area contributed by atoms with E-state index in [1.54, 1.807) is 30.5 Å². The van der Waals surface area contributed by atoms with Crippen molar-refractivity contribution < 1.29 is 13.2 Å². The number of thiazole rings is 1. The number of aromatic nitrogens is 1. The van der Waals surface area contributed by atoms with Gasteiger partial charge in [-0.2, -0.15) is 4.31 Å². The zero-order chi connectivity index (χ0) is 14.7. The highest BCUT2D eigenvalue weighted by atomic mass is 32.2. The molecule has 1 aromatic heterocycles. The Labute approximate surface area is 128 Å². The summed E-state index contributed by atoms with van der Waals surface area (Å²) in [6, 6.07) is 6.79. The van der Waals surface area contributed by atoms with Gasteiger partial charge < -0.3 is 4.74 Å². The minimum Gasteiger partial charge on any atom is -0.485 e. The molecule has 0 bridgehead atoms. The third kappa shape index (κ3) is 3.09. The standard InChI is InChI=1S/C14H16N2O3S2/c17-21(18,16-8-3-4-9-16)13-6-2-1-5-12(13)19-11-14-15-7-10-20-14/h1-2,5-7,10H,3-4,8-9,11H2. The highest BCUT2D eigenvalue weighted by Gasteiger charge is 2.29. The van der Waals surface area contributed by atoms with Gasteiger partial charge >= 0.3 is 0 Å². The normalized spacial score (nSPS) is 16.2. The minimum atomic E-state index is -3.47. The van der Waals surface area contributed by atoms with E-state index in [0.29, 0.717) is 18.8 Å². The summed E-state index contributed by atoms with van der Waals surface area (Å²) in [7, 11) is -3.47. The Kier molecular flexibility index (Phi) is 4.23. The van der Waals surface area contributed by atoms with E-state index in [4.69, 9.17) is 4.74 Å². The van der Waals surface area contributed by atoms with Gasteiger partial charge in [-0.15, -0.1) is 11.3 Å². The first-order chi connectivity index (χ1) is 10.2. The molecule has 2 aromatic rings. The predicted octanol–water partition coefficient (Wildman–Crippen LogP) is 2.51. The maximum absolute atomic E-state index is 12.6. The lowest BCUT2D eigenvalue weighted by molar-refractivity contribution is 0.296. The molecule has 0 unspecified atom stereocenters. The average Bonchev–Trinajstić information content (AvgIpc) is 3.18. The zero-order valence-corrected chi connectivity index (χ0v) is 13.1. The quantitative estimate of drug-likeness (QED) is 0.848. The molecule has 7 heteroatoms. The van der Waals surface area contributed by atoms with Crippen LogP contribution in [0.15, 0.2) is 40.7 Å². The molecule has 5 nitrogen and oxygen atoms in total. The van der Waals surface area contributed by atoms with E-state index >= 15 is 0 Å². The molecule has 0 spiro atoms. The first-order valence-electron chi connectivity index (χ1n) is 6.78. The average molecular weight is 324 g/mol. The summed E-state index contributed by atoms with van der Waals surface area (Å²) in [5.41, 5.74) is 0. The van der Waals surface area contributed by atoms with Crippen molar-refractivity contribution in [2.45, 2.75) is 24.3 Å². The van der Waals surface area contributed by atoms with Crippen LogP contribution in [-0.2, 0) is 16.6 Å². The van der Waals surface area contributed by atoms with Crippen LogP contribution in [0.25, 0.3) is 0 Å². The number of benzene rings is 1. The summed E-state index contributed by atoms with van der Waals surface area (Å²) in [5, 5.41) is 2.69. The molecule has 1 aliphatic heterocycles. The van der Waals surface area contributed by atoms with Gasteiger partial charge in [0.1, 0.15) is 22.3 Å². The Morgan fingerprint density at radius 3 is 2.71 bits per heavy atom. The highest BCUT2D eigenvalue weighted by Crippen LogP contribution is 2.29. The van der Waals surface area contributed by atoms with Crippen molar-refractivity contribution in [2.75, 3.05) is 13.1 Å². The molecule has 3 rings (SSSR count). The molecule has 0 amide bonds. The molecule has 1 aliphatic rings. The van der Waals surface area contributed by atoms with Crippen molar-refractivity contribution >= 4 is 21.4 Å². The minimum absolute atomic E-state index is 0.239. The number of para-hydroxylation sites is 1. The second-order valence-corrected chi connectivity index (χ2v) is 7.66. The van der Waals surface area contributed by atoms with Gasteiger partial charge in [-0.3, -0.25) is 0 Å². The van der Waals surface area contributed by atoms with Crippen LogP contribution < -0.4 is 4.74 Å². The van der Waals surface area contributed by atoms with Gasteiger partial charge in [0.15, 0.2) is 0 Å². The zero-order valence-electron chi connectivity index (χ0n) is 11.4. The van der Waals surface area contributed by atoms with Gasteiger partial charge in [0.25, 0.3) is 0 Å². The Bertz CT molecular complexity index is 693. The molecule has 0 atom stereocenters. The Morgan fingerprint density at radius 1 is 1.24 bits per heavy atom. The maximum atomic E-state index is 12.6. The van der Waals surface area contributed by atoms with E-state index in [1.165, 1.54) is 15.6 Å². The van der Waals surface area contributed by atoms with Crippen molar-refractivity contribution in [3.63, 3.8) is 0 Å². The maximum Gasteiger partial charge on any atom is 0.246 e. The van der Waals surface area contributed by atoms with Gasteiger partial charge in [0, 0.05) is 24.7 Å². The molecule has 0 radical (unpaired) electrons. The van der Waals surface area contributed by atoms with Crippen molar-refractivity contribution in [1.29, 1.82) is 0 Å². The molecular weight excluding hydrogens is 308 g/mol. The van der Waals surface area contributed by atoms with E-state index < -0.39 is 10.0 Å². The highest BCUT2D eigenvalue weighted by molar-refractivity contribution is 7.89. The number of sulfonamides is 1. The summed E-state index contributed by atoms with van der Waals surface area (Å²) in [6.07, 6.45) is 3.54. The van der Waals surface area contributed by atoms with Crippen LogP contribution in [0.2, 0.25) is 0 Å². The second kappa shape index (κ2) is 6.13. The SMILES string of the molecule is O=S(=O)(c1ccccc1OCc1nccs1)N1CCCC1. The second-order valence-electron chi connectivity index (χ2n) is 4.77. The summed E-state index contributed by atoms with van der Waals surface area (Å²) in [6.45, 7) is 1.45. The fourth-order valence-corrected chi connectivity index (χ4v) is 4.49. The summed E-state index contributed by atoms with van der Waals surface area (Å²) in [5.74, 6) is 0.389. The Hall–Kier alpha value is -1.44. The molecule has 1 saturated heterocycles. The molecule has 0 N–H and O–H groups in total. The van der Waals surface area contributed by atoms with Gasteiger partial charge in [0.05, 0.1) is 0 Å². The Balaban J connectivity index is 1.85. The molecular formula is C14H16N2O3S2. The van der Waals surface area contributed by atoms with Crippen molar-refractivity contribution in [3.8, 4) is 5.75 Å². The summed E-state index contributed by atoms with van der Waals surface area (Å²) < 4.78 is 32.5. The molecule has 112 valence electrons. The third-order valence-corrected chi connectivity index (χ3v) is 6.06. The number of hydrogen-bond donors (Lipinski definition) is 0. The molecule has 2 heterocycles. The summed E-state index contributed by atoms with van der Waals surface area (Å²) >= 11 is 1.48. The fourth-order valence-electron chi connectivity index (χ4n) is 2.31. The molecule has 0 saturated carbocycles. The first-order valence-corrected chi connectivity index (χ1v) is 9.10. The lowest BCUT2D eigenvalue weighted by atomic mass is 10.3. The van der Waals surface area contributed by atoms with Crippen molar-refractivity contribution in [1.82, 2.24) is 9.29 Å².